The third-order valence-electron chi connectivity index (χ3n) is 3.85. The molecule has 2 aromatic rings. The fourth-order valence-corrected chi connectivity index (χ4v) is 4.27. The summed E-state index contributed by atoms with van der Waals surface area (Å²) in [5.41, 5.74) is 1.78. The highest BCUT2D eigenvalue weighted by atomic mass is 32.2. The lowest BCUT2D eigenvalue weighted by molar-refractivity contribution is 0.102. The highest BCUT2D eigenvalue weighted by molar-refractivity contribution is 7.91. The first-order chi connectivity index (χ1) is 11.4. The van der Waals surface area contributed by atoms with Gasteiger partial charge in [0.25, 0.3) is 5.91 Å². The average molecular weight is 348 g/mol. The van der Waals surface area contributed by atoms with Crippen molar-refractivity contribution < 1.29 is 17.6 Å². The molecule has 1 heterocycles. The molecular formula is C17H17FN2O3S. The second-order valence-electron chi connectivity index (χ2n) is 5.78. The largest absolute Gasteiger partial charge is 0.381 e. The molecule has 0 spiro atoms. The van der Waals surface area contributed by atoms with Gasteiger partial charge in [-0.25, -0.2) is 12.8 Å². The first-order valence-corrected chi connectivity index (χ1v) is 9.37. The van der Waals surface area contributed by atoms with Crippen LogP contribution in [0.5, 0.6) is 0 Å². The number of amides is 1. The predicted molar refractivity (Wildman–Crippen MR) is 91.5 cm³/mol. The third-order valence-corrected chi connectivity index (χ3v) is 5.62. The molecule has 0 saturated carbocycles. The summed E-state index contributed by atoms with van der Waals surface area (Å²) in [5.74, 6) is -0.347. The van der Waals surface area contributed by atoms with Crippen LogP contribution >= 0.6 is 0 Å². The van der Waals surface area contributed by atoms with Crippen LogP contribution in [0.3, 0.4) is 0 Å². The lowest BCUT2D eigenvalue weighted by Crippen LogP contribution is -2.20. The van der Waals surface area contributed by atoms with Crippen molar-refractivity contribution in [1.82, 2.24) is 0 Å². The Morgan fingerprint density at radius 3 is 2.21 bits per heavy atom. The standard InChI is InChI=1S/C17H17FN2O3S/c18-13-3-1-12(2-4-13)17(21)20-15-7-5-14(6-8-15)19-16-9-10-24(22,23)11-16/h1-8,16,19H,9-11H2,(H,20,21). The quantitative estimate of drug-likeness (QED) is 0.891. The lowest BCUT2D eigenvalue weighted by Gasteiger charge is -2.13. The van der Waals surface area contributed by atoms with E-state index in [9.17, 15) is 17.6 Å². The molecular weight excluding hydrogens is 331 g/mol. The maximum Gasteiger partial charge on any atom is 0.255 e. The maximum absolute atomic E-state index is 12.9. The Morgan fingerprint density at radius 1 is 1.00 bits per heavy atom. The minimum Gasteiger partial charge on any atom is -0.381 e. The summed E-state index contributed by atoms with van der Waals surface area (Å²) in [6, 6.07) is 12.3. The van der Waals surface area contributed by atoms with Gasteiger partial charge in [-0.3, -0.25) is 4.79 Å². The van der Waals surface area contributed by atoms with Gasteiger partial charge < -0.3 is 10.6 Å². The van der Waals surface area contributed by atoms with E-state index in [1.54, 1.807) is 24.3 Å². The van der Waals surface area contributed by atoms with Crippen LogP contribution in [0.25, 0.3) is 0 Å². The van der Waals surface area contributed by atoms with Crippen molar-refractivity contribution >= 4 is 27.1 Å². The first kappa shape index (κ1) is 16.4. The summed E-state index contributed by atoms with van der Waals surface area (Å²) in [7, 11) is -2.92. The van der Waals surface area contributed by atoms with E-state index >= 15 is 0 Å². The number of benzene rings is 2. The lowest BCUT2D eigenvalue weighted by atomic mass is 10.2. The van der Waals surface area contributed by atoms with Crippen molar-refractivity contribution in [3.8, 4) is 0 Å². The predicted octanol–water partition coefficient (Wildman–Crippen LogP) is 2.68. The van der Waals surface area contributed by atoms with Crippen molar-refractivity contribution in [2.24, 2.45) is 0 Å². The molecule has 24 heavy (non-hydrogen) atoms. The number of anilines is 2. The SMILES string of the molecule is O=C(Nc1ccc(NC2CCS(=O)(=O)C2)cc1)c1ccc(F)cc1. The van der Waals surface area contributed by atoms with Crippen LogP contribution < -0.4 is 10.6 Å². The molecule has 2 N–H and O–H groups in total. The van der Waals surface area contributed by atoms with Gasteiger partial charge in [-0.15, -0.1) is 0 Å². The molecule has 5 nitrogen and oxygen atoms in total. The summed E-state index contributed by atoms with van der Waals surface area (Å²) in [5, 5.41) is 5.91. The zero-order chi connectivity index (χ0) is 17.2. The molecule has 2 aromatic carbocycles. The molecule has 1 fully saturated rings. The van der Waals surface area contributed by atoms with Crippen LogP contribution in [-0.2, 0) is 9.84 Å². The van der Waals surface area contributed by atoms with Crippen molar-refractivity contribution in [3.63, 3.8) is 0 Å². The topological polar surface area (TPSA) is 75.3 Å². The number of hydrogen-bond acceptors (Lipinski definition) is 4. The number of nitrogens with one attached hydrogen (secondary N) is 2. The van der Waals surface area contributed by atoms with Gasteiger partial charge in [0, 0.05) is 23.0 Å². The molecule has 126 valence electrons. The Hall–Kier alpha value is -2.41. The van der Waals surface area contributed by atoms with E-state index in [4.69, 9.17) is 0 Å². The molecule has 7 heteroatoms. The Labute approximate surface area is 139 Å². The second-order valence-corrected chi connectivity index (χ2v) is 8.01. The Morgan fingerprint density at radius 2 is 1.62 bits per heavy atom. The second kappa shape index (κ2) is 6.60. The summed E-state index contributed by atoms with van der Waals surface area (Å²) < 4.78 is 35.8. The van der Waals surface area contributed by atoms with Crippen molar-refractivity contribution in [2.75, 3.05) is 22.1 Å². The molecule has 1 aliphatic rings. The smallest absolute Gasteiger partial charge is 0.255 e. The van der Waals surface area contributed by atoms with E-state index in [0.717, 1.165) is 5.69 Å². The van der Waals surface area contributed by atoms with Crippen LogP contribution in [0.2, 0.25) is 0 Å². The number of carbonyl (C=O) groups is 1. The Bertz CT molecular complexity index is 833. The molecule has 3 rings (SSSR count). The van der Waals surface area contributed by atoms with Gasteiger partial charge in [0.15, 0.2) is 9.84 Å². The number of hydrogen-bond donors (Lipinski definition) is 2. The zero-order valence-corrected chi connectivity index (χ0v) is 13.6. The molecule has 1 unspecified atom stereocenters. The molecule has 0 bridgehead atoms. The normalized spacial score (nSPS) is 19.0. The van der Waals surface area contributed by atoms with E-state index in [-0.39, 0.29) is 23.5 Å². The van der Waals surface area contributed by atoms with E-state index in [1.807, 2.05) is 0 Å². The maximum atomic E-state index is 12.9. The molecule has 1 saturated heterocycles. The molecule has 0 radical (unpaired) electrons. The van der Waals surface area contributed by atoms with Gasteiger partial charge in [-0.1, -0.05) is 0 Å². The van der Waals surface area contributed by atoms with Crippen molar-refractivity contribution in [2.45, 2.75) is 12.5 Å². The van der Waals surface area contributed by atoms with Crippen LogP contribution in [0, 0.1) is 5.82 Å². The monoisotopic (exact) mass is 348 g/mol. The number of carbonyl (C=O) groups excluding carboxylic acids is 1. The van der Waals surface area contributed by atoms with Crippen molar-refractivity contribution in [3.05, 3.63) is 59.9 Å². The molecule has 1 amide bonds. The minimum atomic E-state index is -2.92. The van der Waals surface area contributed by atoms with Crippen LogP contribution in [0.4, 0.5) is 15.8 Å². The first-order valence-electron chi connectivity index (χ1n) is 7.55. The number of sulfone groups is 1. The minimum absolute atomic E-state index is 0.0744. The van der Waals surface area contributed by atoms with Crippen LogP contribution in [0.1, 0.15) is 16.8 Å². The van der Waals surface area contributed by atoms with Gasteiger partial charge in [0.2, 0.25) is 0 Å². The van der Waals surface area contributed by atoms with E-state index < -0.39 is 15.7 Å². The van der Waals surface area contributed by atoms with Gasteiger partial charge in [-0.05, 0) is 55.0 Å². The zero-order valence-electron chi connectivity index (χ0n) is 12.8. The summed E-state index contributed by atoms with van der Waals surface area (Å²) in [6.07, 6.45) is 0.603. The highest BCUT2D eigenvalue weighted by Gasteiger charge is 2.27. The van der Waals surface area contributed by atoms with Crippen LogP contribution in [0.15, 0.2) is 48.5 Å². The highest BCUT2D eigenvalue weighted by Crippen LogP contribution is 2.19. The Kier molecular flexibility index (Phi) is 4.53. The third kappa shape index (κ3) is 4.11. The summed E-state index contributed by atoms with van der Waals surface area (Å²) in [6.45, 7) is 0. The molecule has 0 aromatic heterocycles. The Balaban J connectivity index is 1.60. The molecule has 0 aliphatic carbocycles. The van der Waals surface area contributed by atoms with E-state index in [1.165, 1.54) is 24.3 Å². The summed E-state index contributed by atoms with van der Waals surface area (Å²) in [4.78, 5) is 12.0. The van der Waals surface area contributed by atoms with E-state index in [2.05, 4.69) is 10.6 Å². The van der Waals surface area contributed by atoms with E-state index in [0.29, 0.717) is 17.7 Å². The fourth-order valence-electron chi connectivity index (χ4n) is 2.60. The molecule has 1 aliphatic heterocycles. The number of halogens is 1. The average Bonchev–Trinajstić information content (AvgIpc) is 2.88. The van der Waals surface area contributed by atoms with Gasteiger partial charge in [0.1, 0.15) is 5.82 Å². The fraction of sp³-hybridized carbons (Fsp3) is 0.235. The molecule has 1 atom stereocenters. The number of rotatable bonds is 4. The van der Waals surface area contributed by atoms with Crippen molar-refractivity contribution in [1.29, 1.82) is 0 Å². The van der Waals surface area contributed by atoms with Crippen LogP contribution in [-0.4, -0.2) is 31.9 Å². The van der Waals surface area contributed by atoms with Gasteiger partial charge >= 0.3 is 0 Å². The van der Waals surface area contributed by atoms with Gasteiger partial charge in [0.05, 0.1) is 11.5 Å². The van der Waals surface area contributed by atoms with Gasteiger partial charge in [-0.2, -0.15) is 0 Å². The summed E-state index contributed by atoms with van der Waals surface area (Å²) >= 11 is 0.